The van der Waals surface area contributed by atoms with Gasteiger partial charge in [0.25, 0.3) is 0 Å². The van der Waals surface area contributed by atoms with E-state index in [-0.39, 0.29) is 0 Å². The van der Waals surface area contributed by atoms with Crippen molar-refractivity contribution in [1.82, 2.24) is 9.55 Å². The fourth-order valence-corrected chi connectivity index (χ4v) is 3.22. The van der Waals surface area contributed by atoms with Gasteiger partial charge in [-0.3, -0.25) is 0 Å². The van der Waals surface area contributed by atoms with Crippen LogP contribution in [0.4, 0.5) is 5.69 Å². The third-order valence-corrected chi connectivity index (χ3v) is 4.30. The minimum Gasteiger partial charge on any atom is -0.380 e. The quantitative estimate of drug-likeness (QED) is 0.659. The molecule has 106 valence electrons. The van der Waals surface area contributed by atoms with Crippen molar-refractivity contribution < 1.29 is 0 Å². The minimum atomic E-state index is 0.782. The van der Waals surface area contributed by atoms with Crippen molar-refractivity contribution in [3.63, 3.8) is 0 Å². The van der Waals surface area contributed by atoms with E-state index < -0.39 is 0 Å². The van der Waals surface area contributed by atoms with Gasteiger partial charge in [0.2, 0.25) is 0 Å². The van der Waals surface area contributed by atoms with Crippen LogP contribution < -0.4 is 5.32 Å². The van der Waals surface area contributed by atoms with E-state index in [2.05, 4.69) is 66.4 Å². The number of anilines is 1. The van der Waals surface area contributed by atoms with Crippen LogP contribution in [-0.4, -0.2) is 9.55 Å². The first-order chi connectivity index (χ1) is 10.2. The number of halogens is 2. The zero-order valence-corrected chi connectivity index (χ0v) is 14.3. The molecule has 2 aromatic carbocycles. The molecule has 0 fully saturated rings. The molecule has 5 heteroatoms. The van der Waals surface area contributed by atoms with Crippen LogP contribution in [0.2, 0.25) is 0 Å². The maximum Gasteiger partial charge on any atom is 0.0991 e. The molecule has 0 aliphatic carbocycles. The maximum atomic E-state index is 4.06. The molecule has 3 nitrogen and oxygen atoms in total. The van der Waals surface area contributed by atoms with Gasteiger partial charge in [-0.25, -0.2) is 4.98 Å². The summed E-state index contributed by atoms with van der Waals surface area (Å²) in [5.74, 6) is 0. The number of hydrogen-bond acceptors (Lipinski definition) is 2. The molecule has 1 aromatic heterocycles. The molecule has 0 unspecified atom stereocenters. The highest BCUT2D eigenvalue weighted by Gasteiger charge is 2.01. The molecule has 0 bridgehead atoms. The van der Waals surface area contributed by atoms with E-state index >= 15 is 0 Å². The molecule has 0 saturated carbocycles. The normalized spacial score (nSPS) is 10.6. The van der Waals surface area contributed by atoms with Crippen LogP contribution in [0.3, 0.4) is 0 Å². The number of nitrogens with zero attached hydrogens (tertiary/aromatic N) is 2. The van der Waals surface area contributed by atoms with Crippen LogP contribution in [0, 0.1) is 0 Å². The van der Waals surface area contributed by atoms with Crippen LogP contribution in [0.15, 0.2) is 70.1 Å². The molecular formula is C16H13Br2N3. The van der Waals surface area contributed by atoms with E-state index in [4.69, 9.17) is 0 Å². The first-order valence-corrected chi connectivity index (χ1v) is 8.07. The number of benzene rings is 2. The van der Waals surface area contributed by atoms with E-state index in [0.29, 0.717) is 0 Å². The Morgan fingerprint density at radius 3 is 2.52 bits per heavy atom. The molecule has 0 atom stereocenters. The van der Waals surface area contributed by atoms with Gasteiger partial charge in [0.05, 0.1) is 6.33 Å². The number of imidazole rings is 1. The van der Waals surface area contributed by atoms with E-state index in [1.807, 2.05) is 29.0 Å². The van der Waals surface area contributed by atoms with Crippen molar-refractivity contribution in [2.45, 2.75) is 6.54 Å². The summed E-state index contributed by atoms with van der Waals surface area (Å²) in [4.78, 5) is 4.06. The lowest BCUT2D eigenvalue weighted by Gasteiger charge is -2.10. The molecule has 0 amide bonds. The second-order valence-electron chi connectivity index (χ2n) is 4.61. The number of aromatic nitrogens is 2. The van der Waals surface area contributed by atoms with Crippen LogP contribution in [-0.2, 0) is 6.54 Å². The highest BCUT2D eigenvalue weighted by Crippen LogP contribution is 2.26. The highest BCUT2D eigenvalue weighted by molar-refractivity contribution is 9.11. The Balaban J connectivity index is 1.68. The topological polar surface area (TPSA) is 29.9 Å². The van der Waals surface area contributed by atoms with Crippen LogP contribution in [0.5, 0.6) is 0 Å². The summed E-state index contributed by atoms with van der Waals surface area (Å²) in [6.07, 6.45) is 5.51. The zero-order chi connectivity index (χ0) is 14.7. The Morgan fingerprint density at radius 1 is 1.05 bits per heavy atom. The molecule has 1 heterocycles. The van der Waals surface area contributed by atoms with Gasteiger partial charge in [0.1, 0.15) is 0 Å². The van der Waals surface area contributed by atoms with Gasteiger partial charge >= 0.3 is 0 Å². The lowest BCUT2D eigenvalue weighted by Crippen LogP contribution is -2.00. The molecule has 0 saturated heterocycles. The summed E-state index contributed by atoms with van der Waals surface area (Å²) >= 11 is 7.01. The SMILES string of the molecule is Brc1ccc(NCc2ccc(-n3ccnc3)cc2)c(Br)c1. The fourth-order valence-electron chi connectivity index (χ4n) is 2.03. The molecule has 1 N–H and O–H groups in total. The van der Waals surface area contributed by atoms with Crippen LogP contribution in [0.1, 0.15) is 5.56 Å². The number of nitrogens with one attached hydrogen (secondary N) is 1. The largest absolute Gasteiger partial charge is 0.380 e. The lowest BCUT2D eigenvalue weighted by atomic mass is 10.2. The van der Waals surface area contributed by atoms with Crippen LogP contribution >= 0.6 is 31.9 Å². The number of rotatable bonds is 4. The first kappa shape index (κ1) is 14.4. The van der Waals surface area contributed by atoms with Gasteiger partial charge in [0.15, 0.2) is 0 Å². The Morgan fingerprint density at radius 2 is 1.86 bits per heavy atom. The van der Waals surface area contributed by atoms with E-state index in [0.717, 1.165) is 26.9 Å². The summed E-state index contributed by atoms with van der Waals surface area (Å²) in [6.45, 7) is 0.782. The van der Waals surface area contributed by atoms with E-state index in [1.54, 1.807) is 12.5 Å². The van der Waals surface area contributed by atoms with Crippen molar-refractivity contribution >= 4 is 37.5 Å². The summed E-state index contributed by atoms with van der Waals surface area (Å²) in [6, 6.07) is 14.5. The molecule has 0 aliphatic rings. The third kappa shape index (κ3) is 3.54. The first-order valence-electron chi connectivity index (χ1n) is 6.48. The van der Waals surface area contributed by atoms with Crippen LogP contribution in [0.25, 0.3) is 5.69 Å². The molecule has 0 spiro atoms. The second kappa shape index (κ2) is 6.45. The van der Waals surface area contributed by atoms with Gasteiger partial charge < -0.3 is 9.88 Å². The summed E-state index contributed by atoms with van der Waals surface area (Å²) in [7, 11) is 0. The summed E-state index contributed by atoms with van der Waals surface area (Å²) in [5, 5.41) is 3.42. The Hall–Kier alpha value is -1.59. The van der Waals surface area contributed by atoms with Gasteiger partial charge in [-0.1, -0.05) is 28.1 Å². The van der Waals surface area contributed by atoms with E-state index in [9.17, 15) is 0 Å². The second-order valence-corrected chi connectivity index (χ2v) is 6.38. The Kier molecular flexibility index (Phi) is 4.41. The standard InChI is InChI=1S/C16H13Br2N3/c17-13-3-6-16(15(18)9-13)20-10-12-1-4-14(5-2-12)21-8-7-19-11-21/h1-9,11,20H,10H2. The highest BCUT2D eigenvalue weighted by atomic mass is 79.9. The van der Waals surface area contributed by atoms with Gasteiger partial charge in [-0.2, -0.15) is 0 Å². The fraction of sp³-hybridized carbons (Fsp3) is 0.0625. The zero-order valence-electron chi connectivity index (χ0n) is 11.1. The van der Waals surface area contributed by atoms with Gasteiger partial charge in [-0.15, -0.1) is 0 Å². The van der Waals surface area contributed by atoms with Crippen molar-refractivity contribution in [2.75, 3.05) is 5.32 Å². The van der Waals surface area contributed by atoms with Gasteiger partial charge in [-0.05, 0) is 51.8 Å². The minimum absolute atomic E-state index is 0.782. The molecule has 0 aliphatic heterocycles. The summed E-state index contributed by atoms with van der Waals surface area (Å²) in [5.41, 5.74) is 3.42. The Labute approximate surface area is 140 Å². The number of hydrogen-bond donors (Lipinski definition) is 1. The molecule has 3 rings (SSSR count). The van der Waals surface area contributed by atoms with Crippen molar-refractivity contribution in [3.05, 3.63) is 75.7 Å². The molecular weight excluding hydrogens is 394 g/mol. The molecule has 0 radical (unpaired) electrons. The monoisotopic (exact) mass is 405 g/mol. The molecule has 3 aromatic rings. The van der Waals surface area contributed by atoms with Gasteiger partial charge in [0, 0.05) is 39.3 Å². The van der Waals surface area contributed by atoms with E-state index in [1.165, 1.54) is 5.56 Å². The summed E-state index contributed by atoms with van der Waals surface area (Å²) < 4.78 is 4.10. The predicted octanol–water partition coefficient (Wildman–Crippen LogP) is 5.01. The predicted molar refractivity (Wildman–Crippen MR) is 92.7 cm³/mol. The smallest absolute Gasteiger partial charge is 0.0991 e. The van der Waals surface area contributed by atoms with Crippen molar-refractivity contribution in [2.24, 2.45) is 0 Å². The average molecular weight is 407 g/mol. The maximum absolute atomic E-state index is 4.06. The third-order valence-electron chi connectivity index (χ3n) is 3.15. The molecule has 21 heavy (non-hydrogen) atoms. The Bertz CT molecular complexity index is 722. The van der Waals surface area contributed by atoms with Crippen molar-refractivity contribution in [3.8, 4) is 5.69 Å². The van der Waals surface area contributed by atoms with Crippen molar-refractivity contribution in [1.29, 1.82) is 0 Å². The average Bonchev–Trinajstić information content (AvgIpc) is 3.01. The lowest BCUT2D eigenvalue weighted by molar-refractivity contribution is 1.05.